The third-order valence-electron chi connectivity index (χ3n) is 4.89. The minimum Gasteiger partial charge on any atom is -0.497 e. The van der Waals surface area contributed by atoms with E-state index in [4.69, 9.17) is 23.7 Å². The highest BCUT2D eigenvalue weighted by molar-refractivity contribution is 5.99. The molecule has 3 aromatic rings. The first-order valence-electron chi connectivity index (χ1n) is 10.5. The van der Waals surface area contributed by atoms with Crippen molar-refractivity contribution < 1.29 is 38.1 Å². The highest BCUT2D eigenvalue weighted by atomic mass is 16.5. The van der Waals surface area contributed by atoms with Crippen LogP contribution in [0.5, 0.6) is 23.0 Å². The highest BCUT2D eigenvalue weighted by Gasteiger charge is 2.16. The first-order chi connectivity index (χ1) is 16.9. The molecule has 0 unspecified atom stereocenters. The number of ether oxygens (including phenoxy) is 5. The molecule has 0 heterocycles. The number of ketones is 1. The number of methoxy groups -OCH3 is 3. The topological polar surface area (TPSA) is 109 Å². The van der Waals surface area contributed by atoms with Crippen molar-refractivity contribution in [2.24, 2.45) is 0 Å². The molecule has 35 heavy (non-hydrogen) atoms. The molecular formula is C26H25NO8. The summed E-state index contributed by atoms with van der Waals surface area (Å²) < 4.78 is 26.2. The van der Waals surface area contributed by atoms with E-state index in [2.05, 4.69) is 5.32 Å². The Hall–Kier alpha value is -4.53. The molecule has 0 aromatic heterocycles. The number of para-hydroxylation sites is 2. The van der Waals surface area contributed by atoms with Crippen LogP contribution in [0.3, 0.4) is 0 Å². The van der Waals surface area contributed by atoms with Gasteiger partial charge in [-0.1, -0.05) is 12.1 Å². The second-order valence-electron chi connectivity index (χ2n) is 7.13. The third kappa shape index (κ3) is 6.73. The summed E-state index contributed by atoms with van der Waals surface area (Å²) in [5.41, 5.74) is 1.07. The van der Waals surface area contributed by atoms with E-state index in [1.165, 1.54) is 39.5 Å². The second kappa shape index (κ2) is 12.1. The van der Waals surface area contributed by atoms with E-state index in [9.17, 15) is 14.4 Å². The van der Waals surface area contributed by atoms with Gasteiger partial charge < -0.3 is 29.0 Å². The van der Waals surface area contributed by atoms with Crippen molar-refractivity contribution in [3.8, 4) is 23.0 Å². The maximum Gasteiger partial charge on any atom is 0.338 e. The van der Waals surface area contributed by atoms with Gasteiger partial charge >= 0.3 is 5.97 Å². The SMILES string of the molecule is COc1ccc(C(=O)COC(=O)c2ccc(OCC(=O)Nc3ccccc3OC)c(OC)c2)cc1. The Morgan fingerprint density at radius 2 is 1.40 bits per heavy atom. The second-order valence-corrected chi connectivity index (χ2v) is 7.13. The Morgan fingerprint density at radius 3 is 2.09 bits per heavy atom. The molecule has 0 saturated heterocycles. The quantitative estimate of drug-likeness (QED) is 0.327. The van der Waals surface area contributed by atoms with Crippen molar-refractivity contribution in [1.82, 2.24) is 0 Å². The number of carbonyl (C=O) groups is 3. The van der Waals surface area contributed by atoms with Crippen LogP contribution < -0.4 is 24.3 Å². The van der Waals surface area contributed by atoms with E-state index in [1.807, 2.05) is 0 Å². The molecule has 1 N–H and O–H groups in total. The Kier molecular flexibility index (Phi) is 8.66. The summed E-state index contributed by atoms with van der Waals surface area (Å²) in [5, 5.41) is 2.70. The molecule has 9 nitrogen and oxygen atoms in total. The van der Waals surface area contributed by atoms with Crippen LogP contribution in [-0.4, -0.2) is 52.2 Å². The van der Waals surface area contributed by atoms with Crippen molar-refractivity contribution in [2.75, 3.05) is 39.9 Å². The van der Waals surface area contributed by atoms with E-state index in [0.717, 1.165) is 0 Å². The maximum atomic E-state index is 12.4. The molecule has 182 valence electrons. The van der Waals surface area contributed by atoms with Gasteiger partial charge in [0.25, 0.3) is 5.91 Å². The van der Waals surface area contributed by atoms with Crippen molar-refractivity contribution in [3.63, 3.8) is 0 Å². The number of hydrogen-bond donors (Lipinski definition) is 1. The van der Waals surface area contributed by atoms with Crippen LogP contribution in [0.15, 0.2) is 66.7 Å². The molecule has 1 amide bonds. The van der Waals surface area contributed by atoms with Gasteiger partial charge in [0.15, 0.2) is 30.5 Å². The Balaban J connectivity index is 1.57. The van der Waals surface area contributed by atoms with Gasteiger partial charge in [-0.05, 0) is 54.6 Å². The molecule has 0 spiro atoms. The average molecular weight is 479 g/mol. The predicted molar refractivity (Wildman–Crippen MR) is 128 cm³/mol. The lowest BCUT2D eigenvalue weighted by molar-refractivity contribution is -0.118. The standard InChI is InChI=1S/C26H25NO8/c1-31-19-11-8-17(9-12-19)21(28)15-35-26(30)18-10-13-23(24(14-18)33-3)34-16-25(29)27-20-6-4-5-7-22(20)32-2/h4-14H,15-16H2,1-3H3,(H,27,29). The van der Waals surface area contributed by atoms with E-state index >= 15 is 0 Å². The van der Waals surface area contributed by atoms with Crippen LogP contribution in [0, 0.1) is 0 Å². The number of anilines is 1. The van der Waals surface area contributed by atoms with E-state index in [1.54, 1.807) is 48.5 Å². The van der Waals surface area contributed by atoms with Crippen LogP contribution in [0.25, 0.3) is 0 Å². The number of Topliss-reactive ketones (excluding diaryl/α,β-unsaturated/α-hetero) is 1. The van der Waals surface area contributed by atoms with Crippen LogP contribution >= 0.6 is 0 Å². The molecule has 0 aliphatic rings. The Labute approximate surface area is 202 Å². The molecule has 0 fully saturated rings. The fourth-order valence-corrected chi connectivity index (χ4v) is 3.07. The fraction of sp³-hybridized carbons (Fsp3) is 0.192. The number of esters is 1. The normalized spacial score (nSPS) is 10.1. The third-order valence-corrected chi connectivity index (χ3v) is 4.89. The largest absolute Gasteiger partial charge is 0.497 e. The van der Waals surface area contributed by atoms with Gasteiger partial charge in [0, 0.05) is 5.56 Å². The molecule has 0 aliphatic heterocycles. The van der Waals surface area contributed by atoms with Crippen molar-refractivity contribution in [1.29, 1.82) is 0 Å². The molecule has 0 atom stereocenters. The zero-order valence-electron chi connectivity index (χ0n) is 19.5. The summed E-state index contributed by atoms with van der Waals surface area (Å²) in [4.78, 5) is 37.0. The molecular weight excluding hydrogens is 454 g/mol. The molecule has 3 rings (SSSR count). The van der Waals surface area contributed by atoms with Gasteiger partial charge in [-0.2, -0.15) is 0 Å². The summed E-state index contributed by atoms with van der Waals surface area (Å²) in [5.74, 6) is 0.160. The van der Waals surface area contributed by atoms with Crippen LogP contribution in [0.2, 0.25) is 0 Å². The predicted octanol–water partition coefficient (Wildman–Crippen LogP) is 3.77. The molecule has 0 aliphatic carbocycles. The van der Waals surface area contributed by atoms with Gasteiger partial charge in [-0.3, -0.25) is 9.59 Å². The smallest absolute Gasteiger partial charge is 0.338 e. The van der Waals surface area contributed by atoms with Gasteiger partial charge in [-0.15, -0.1) is 0 Å². The maximum absolute atomic E-state index is 12.4. The summed E-state index contributed by atoms with van der Waals surface area (Å²) in [6.07, 6.45) is 0. The molecule has 0 bridgehead atoms. The first kappa shape index (κ1) is 25.1. The number of nitrogens with one attached hydrogen (secondary N) is 1. The van der Waals surface area contributed by atoms with Crippen molar-refractivity contribution in [2.45, 2.75) is 0 Å². The summed E-state index contributed by atoms with van der Waals surface area (Å²) >= 11 is 0. The zero-order valence-corrected chi connectivity index (χ0v) is 19.5. The van der Waals surface area contributed by atoms with E-state index in [-0.39, 0.29) is 29.5 Å². The lowest BCUT2D eigenvalue weighted by atomic mass is 10.1. The van der Waals surface area contributed by atoms with E-state index in [0.29, 0.717) is 22.7 Å². The molecule has 0 saturated carbocycles. The minimum atomic E-state index is -0.703. The average Bonchev–Trinajstić information content (AvgIpc) is 2.90. The number of amides is 1. The number of carbonyl (C=O) groups excluding carboxylic acids is 3. The summed E-state index contributed by atoms with van der Waals surface area (Å²) in [7, 11) is 4.44. The van der Waals surface area contributed by atoms with Crippen LogP contribution in [-0.2, 0) is 9.53 Å². The van der Waals surface area contributed by atoms with E-state index < -0.39 is 18.5 Å². The van der Waals surface area contributed by atoms with Crippen molar-refractivity contribution in [3.05, 3.63) is 77.9 Å². The van der Waals surface area contributed by atoms with Gasteiger partial charge in [0.2, 0.25) is 0 Å². The minimum absolute atomic E-state index is 0.162. The number of benzene rings is 3. The fourth-order valence-electron chi connectivity index (χ4n) is 3.07. The molecule has 9 heteroatoms. The number of rotatable bonds is 11. The van der Waals surface area contributed by atoms with Crippen molar-refractivity contribution >= 4 is 23.3 Å². The lowest BCUT2D eigenvalue weighted by Gasteiger charge is -2.13. The van der Waals surface area contributed by atoms with Gasteiger partial charge in [0.1, 0.15) is 11.5 Å². The molecule has 0 radical (unpaired) electrons. The van der Waals surface area contributed by atoms with Crippen LogP contribution in [0.4, 0.5) is 5.69 Å². The first-order valence-corrected chi connectivity index (χ1v) is 10.5. The summed E-state index contributed by atoms with van der Waals surface area (Å²) in [6, 6.07) is 17.8. The van der Waals surface area contributed by atoms with Gasteiger partial charge in [-0.25, -0.2) is 4.79 Å². The zero-order chi connectivity index (χ0) is 25.2. The Bertz CT molecular complexity index is 1190. The number of hydrogen-bond acceptors (Lipinski definition) is 8. The highest BCUT2D eigenvalue weighted by Crippen LogP contribution is 2.29. The summed E-state index contributed by atoms with van der Waals surface area (Å²) in [6.45, 7) is -0.719. The van der Waals surface area contributed by atoms with Gasteiger partial charge in [0.05, 0.1) is 32.6 Å². The molecule has 3 aromatic carbocycles. The Morgan fingerprint density at radius 1 is 0.714 bits per heavy atom. The lowest BCUT2D eigenvalue weighted by Crippen LogP contribution is -2.20. The van der Waals surface area contributed by atoms with Crippen LogP contribution in [0.1, 0.15) is 20.7 Å². The monoisotopic (exact) mass is 479 g/mol.